The molecule has 4 heteroatoms. The Labute approximate surface area is 131 Å². The summed E-state index contributed by atoms with van der Waals surface area (Å²) in [6, 6.07) is 10.4. The summed E-state index contributed by atoms with van der Waals surface area (Å²) in [7, 11) is 2.16. The molecule has 1 fully saturated rings. The summed E-state index contributed by atoms with van der Waals surface area (Å²) in [5, 5.41) is 1.20. The van der Waals surface area contributed by atoms with Crippen LogP contribution in [0, 0.1) is 0 Å². The molecule has 0 amide bonds. The van der Waals surface area contributed by atoms with Crippen molar-refractivity contribution in [2.75, 3.05) is 38.1 Å². The Morgan fingerprint density at radius 3 is 2.76 bits per heavy atom. The molecule has 2 heterocycles. The van der Waals surface area contributed by atoms with Crippen LogP contribution >= 0.6 is 11.6 Å². The maximum absolute atomic E-state index is 6.00. The van der Waals surface area contributed by atoms with E-state index in [2.05, 4.69) is 46.1 Å². The van der Waals surface area contributed by atoms with Crippen LogP contribution in [0.15, 0.2) is 30.3 Å². The van der Waals surface area contributed by atoms with Crippen molar-refractivity contribution >= 4 is 28.2 Å². The summed E-state index contributed by atoms with van der Waals surface area (Å²) in [6.07, 6.45) is 2.69. The summed E-state index contributed by atoms with van der Waals surface area (Å²) in [4.78, 5) is 9.48. The topological polar surface area (TPSA) is 19.4 Å². The molecule has 1 aliphatic rings. The summed E-state index contributed by atoms with van der Waals surface area (Å²) in [5.74, 6) is 0.456. The first-order chi connectivity index (χ1) is 10.3. The molecule has 1 saturated heterocycles. The lowest BCUT2D eigenvalue weighted by Crippen LogP contribution is -2.31. The molecule has 0 spiro atoms. The lowest BCUT2D eigenvalue weighted by Gasteiger charge is -2.24. The van der Waals surface area contributed by atoms with Crippen LogP contribution in [0.3, 0.4) is 0 Å². The number of hydrogen-bond donors (Lipinski definition) is 0. The molecule has 3 rings (SSSR count). The third kappa shape index (κ3) is 3.30. The average molecular weight is 304 g/mol. The number of hydrogen-bond acceptors (Lipinski definition) is 3. The molecule has 0 bridgehead atoms. The van der Waals surface area contributed by atoms with E-state index in [4.69, 9.17) is 11.6 Å². The number of likely N-dealkylation sites (tertiary alicyclic amines) is 1. The van der Waals surface area contributed by atoms with E-state index in [1.165, 1.54) is 37.0 Å². The van der Waals surface area contributed by atoms with Gasteiger partial charge in [-0.2, -0.15) is 0 Å². The second kappa shape index (κ2) is 6.63. The Morgan fingerprint density at radius 2 is 2.00 bits per heavy atom. The van der Waals surface area contributed by atoms with Crippen molar-refractivity contribution in [3.8, 4) is 0 Å². The Balaban J connectivity index is 1.83. The zero-order valence-electron chi connectivity index (χ0n) is 12.6. The molecule has 2 aromatic rings. The Bertz CT molecular complexity index is 608. The summed E-state index contributed by atoms with van der Waals surface area (Å²) < 4.78 is 0. The van der Waals surface area contributed by atoms with Crippen LogP contribution < -0.4 is 4.90 Å². The van der Waals surface area contributed by atoms with E-state index < -0.39 is 0 Å². The normalized spacial score (nSPS) is 15.7. The van der Waals surface area contributed by atoms with E-state index in [0.717, 1.165) is 24.3 Å². The van der Waals surface area contributed by atoms with Gasteiger partial charge in [0.2, 0.25) is 0 Å². The van der Waals surface area contributed by atoms with Crippen molar-refractivity contribution in [3.63, 3.8) is 0 Å². The summed E-state index contributed by atoms with van der Waals surface area (Å²) in [5.41, 5.74) is 3.20. The van der Waals surface area contributed by atoms with Gasteiger partial charge in [0.1, 0.15) is 0 Å². The number of nitrogens with zero attached hydrogens (tertiary/aromatic N) is 3. The number of rotatable bonds is 5. The van der Waals surface area contributed by atoms with E-state index in [1.807, 2.05) is 6.07 Å². The van der Waals surface area contributed by atoms with Crippen molar-refractivity contribution in [2.24, 2.45) is 0 Å². The highest BCUT2D eigenvalue weighted by molar-refractivity contribution is 6.17. The molecule has 0 atom stereocenters. The number of alkyl halides is 1. The van der Waals surface area contributed by atoms with Gasteiger partial charge in [0.05, 0.1) is 17.1 Å². The minimum Gasteiger partial charge on any atom is -0.373 e. The average Bonchev–Trinajstić information content (AvgIpc) is 3.05. The highest BCUT2D eigenvalue weighted by Crippen LogP contribution is 2.26. The van der Waals surface area contributed by atoms with E-state index in [-0.39, 0.29) is 0 Å². The van der Waals surface area contributed by atoms with Crippen LogP contribution in [0.4, 0.5) is 5.69 Å². The van der Waals surface area contributed by atoms with E-state index in [1.54, 1.807) is 0 Å². The van der Waals surface area contributed by atoms with Gasteiger partial charge < -0.3 is 9.80 Å². The zero-order chi connectivity index (χ0) is 14.7. The second-order valence-corrected chi connectivity index (χ2v) is 6.02. The predicted molar refractivity (Wildman–Crippen MR) is 90.2 cm³/mol. The number of anilines is 1. The fraction of sp³-hybridized carbons (Fsp3) is 0.471. The number of fused-ring (bicyclic) bond motifs is 1. The van der Waals surface area contributed by atoms with Gasteiger partial charge in [-0.1, -0.05) is 18.2 Å². The molecule has 112 valence electrons. The van der Waals surface area contributed by atoms with Gasteiger partial charge in [-0.25, -0.2) is 0 Å². The molecule has 21 heavy (non-hydrogen) atoms. The lowest BCUT2D eigenvalue weighted by molar-refractivity contribution is 0.347. The highest BCUT2D eigenvalue weighted by Gasteiger charge is 2.14. The number of para-hydroxylation sites is 1. The van der Waals surface area contributed by atoms with Crippen molar-refractivity contribution in [2.45, 2.75) is 18.7 Å². The molecule has 0 N–H and O–H groups in total. The van der Waals surface area contributed by atoms with Gasteiger partial charge in [-0.15, -0.1) is 11.6 Å². The molecule has 3 nitrogen and oxygen atoms in total. The fourth-order valence-electron chi connectivity index (χ4n) is 3.01. The van der Waals surface area contributed by atoms with Gasteiger partial charge in [0.25, 0.3) is 0 Å². The number of likely N-dealkylation sites (N-methyl/N-ethyl adjacent to an activating group) is 1. The molecule has 0 radical (unpaired) electrons. The zero-order valence-corrected chi connectivity index (χ0v) is 13.3. The third-order valence-corrected chi connectivity index (χ3v) is 4.52. The van der Waals surface area contributed by atoms with Gasteiger partial charge in [0.15, 0.2) is 0 Å². The standard InChI is InChI=1S/C17H22ClN3/c1-20(10-11-21-8-4-5-9-21)17-12-14(13-18)19-16-7-3-2-6-15(16)17/h2-3,6-7,12H,4-5,8-11,13H2,1H3. The largest absolute Gasteiger partial charge is 0.373 e. The number of pyridine rings is 1. The monoisotopic (exact) mass is 303 g/mol. The van der Waals surface area contributed by atoms with Crippen molar-refractivity contribution in [1.82, 2.24) is 9.88 Å². The third-order valence-electron chi connectivity index (χ3n) is 4.25. The van der Waals surface area contributed by atoms with Gasteiger partial charge in [-0.05, 0) is 38.1 Å². The molecule has 1 aliphatic heterocycles. The smallest absolute Gasteiger partial charge is 0.0726 e. The van der Waals surface area contributed by atoms with Crippen LogP contribution in [-0.4, -0.2) is 43.1 Å². The number of benzene rings is 1. The van der Waals surface area contributed by atoms with Gasteiger partial charge in [0, 0.05) is 31.2 Å². The van der Waals surface area contributed by atoms with E-state index >= 15 is 0 Å². The molecular weight excluding hydrogens is 282 g/mol. The molecule has 1 aromatic carbocycles. The van der Waals surface area contributed by atoms with Crippen molar-refractivity contribution in [3.05, 3.63) is 36.0 Å². The maximum Gasteiger partial charge on any atom is 0.0726 e. The maximum atomic E-state index is 6.00. The Hall–Kier alpha value is -1.32. The predicted octanol–water partition coefficient (Wildman–Crippen LogP) is 3.51. The number of halogens is 1. The Kier molecular flexibility index (Phi) is 4.61. The van der Waals surface area contributed by atoms with Crippen LogP contribution in [0.5, 0.6) is 0 Å². The van der Waals surface area contributed by atoms with Crippen LogP contribution in [0.2, 0.25) is 0 Å². The second-order valence-electron chi connectivity index (χ2n) is 5.75. The minimum atomic E-state index is 0.456. The lowest BCUT2D eigenvalue weighted by atomic mass is 10.1. The van der Waals surface area contributed by atoms with Gasteiger partial charge in [-0.3, -0.25) is 4.98 Å². The Morgan fingerprint density at radius 1 is 1.24 bits per heavy atom. The van der Waals surface area contributed by atoms with Crippen LogP contribution in [0.1, 0.15) is 18.5 Å². The van der Waals surface area contributed by atoms with Crippen LogP contribution in [0.25, 0.3) is 10.9 Å². The molecule has 0 unspecified atom stereocenters. The van der Waals surface area contributed by atoms with E-state index in [0.29, 0.717) is 5.88 Å². The first-order valence-corrected chi connectivity index (χ1v) is 8.19. The molecular formula is C17H22ClN3. The van der Waals surface area contributed by atoms with Gasteiger partial charge >= 0.3 is 0 Å². The van der Waals surface area contributed by atoms with Crippen molar-refractivity contribution in [1.29, 1.82) is 0 Å². The molecule has 0 saturated carbocycles. The quantitative estimate of drug-likeness (QED) is 0.788. The minimum absolute atomic E-state index is 0.456. The van der Waals surface area contributed by atoms with Crippen molar-refractivity contribution < 1.29 is 0 Å². The summed E-state index contributed by atoms with van der Waals surface area (Å²) >= 11 is 6.00. The van der Waals surface area contributed by atoms with Crippen LogP contribution in [-0.2, 0) is 5.88 Å². The highest BCUT2D eigenvalue weighted by atomic mass is 35.5. The van der Waals surface area contributed by atoms with E-state index in [9.17, 15) is 0 Å². The fourth-order valence-corrected chi connectivity index (χ4v) is 3.15. The number of aromatic nitrogens is 1. The first kappa shape index (κ1) is 14.6. The molecule has 1 aromatic heterocycles. The molecule has 0 aliphatic carbocycles. The summed E-state index contributed by atoms with van der Waals surface area (Å²) in [6.45, 7) is 4.66. The first-order valence-electron chi connectivity index (χ1n) is 7.66. The SMILES string of the molecule is CN(CCN1CCCC1)c1cc(CCl)nc2ccccc12.